The first kappa shape index (κ1) is 25.4. The van der Waals surface area contributed by atoms with Gasteiger partial charge in [-0.3, -0.25) is 4.99 Å². The quantitative estimate of drug-likeness (QED) is 0.213. The summed E-state index contributed by atoms with van der Waals surface area (Å²) in [4.78, 5) is 4.52. The fourth-order valence-corrected chi connectivity index (χ4v) is 3.06. The van der Waals surface area contributed by atoms with Gasteiger partial charge in [-0.05, 0) is 24.6 Å². The minimum Gasteiger partial charge on any atom is -0.357 e. The molecule has 3 N–H and O–H groups in total. The second kappa shape index (κ2) is 11.3. The van der Waals surface area contributed by atoms with E-state index >= 15 is 0 Å². The molecule has 0 radical (unpaired) electrons. The van der Waals surface area contributed by atoms with Crippen LogP contribution in [0.15, 0.2) is 23.2 Å². The van der Waals surface area contributed by atoms with Crippen molar-refractivity contribution in [3.63, 3.8) is 0 Å². The zero-order chi connectivity index (χ0) is 19.1. The second-order valence-electron chi connectivity index (χ2n) is 6.30. The fraction of sp³-hybridized carbons (Fsp3) is 0.562. The summed E-state index contributed by atoms with van der Waals surface area (Å²) in [5.41, 5.74) is 0.423. The van der Waals surface area contributed by atoms with Gasteiger partial charge in [0.25, 0.3) is 0 Å². The second-order valence-corrected chi connectivity index (χ2v) is 8.54. The molecule has 0 unspecified atom stereocenters. The number of sulfonamides is 1. The third kappa shape index (κ3) is 9.33. The van der Waals surface area contributed by atoms with Crippen molar-refractivity contribution in [1.82, 2.24) is 15.4 Å². The van der Waals surface area contributed by atoms with Gasteiger partial charge < -0.3 is 10.6 Å². The molecule has 1 aromatic rings. The SMILES string of the molecule is CCNC(=NCC(C)(C)c1ccc(F)cc1Cl)NCCNS(C)(=O)=O.I. The normalized spacial score (nSPS) is 12.5. The van der Waals surface area contributed by atoms with Gasteiger partial charge in [0.1, 0.15) is 5.82 Å². The van der Waals surface area contributed by atoms with E-state index in [4.69, 9.17) is 11.6 Å². The number of aliphatic imine (C=N–C) groups is 1. The van der Waals surface area contributed by atoms with Crippen LogP contribution in [0.3, 0.4) is 0 Å². The monoisotopic (exact) mass is 520 g/mol. The van der Waals surface area contributed by atoms with E-state index in [0.717, 1.165) is 11.8 Å². The molecule has 26 heavy (non-hydrogen) atoms. The summed E-state index contributed by atoms with van der Waals surface area (Å²) in [6, 6.07) is 4.35. The molecule has 0 saturated heterocycles. The van der Waals surface area contributed by atoms with E-state index in [1.807, 2.05) is 20.8 Å². The Bertz CT molecular complexity index is 714. The highest BCUT2D eigenvalue weighted by Gasteiger charge is 2.23. The van der Waals surface area contributed by atoms with Gasteiger partial charge in [0, 0.05) is 30.1 Å². The van der Waals surface area contributed by atoms with E-state index in [1.165, 1.54) is 12.1 Å². The van der Waals surface area contributed by atoms with Gasteiger partial charge in [0.2, 0.25) is 10.0 Å². The molecule has 0 saturated carbocycles. The van der Waals surface area contributed by atoms with E-state index in [2.05, 4.69) is 20.3 Å². The molecule has 150 valence electrons. The lowest BCUT2D eigenvalue weighted by atomic mass is 9.84. The van der Waals surface area contributed by atoms with E-state index in [-0.39, 0.29) is 36.3 Å². The summed E-state index contributed by atoms with van der Waals surface area (Å²) in [6.45, 7) is 7.64. The Labute approximate surface area is 177 Å². The first-order chi connectivity index (χ1) is 11.5. The Balaban J connectivity index is 0.00000625. The summed E-state index contributed by atoms with van der Waals surface area (Å²) in [7, 11) is -3.21. The number of hydrogen-bond acceptors (Lipinski definition) is 3. The van der Waals surface area contributed by atoms with Gasteiger partial charge in [-0.15, -0.1) is 24.0 Å². The van der Waals surface area contributed by atoms with E-state index in [9.17, 15) is 12.8 Å². The van der Waals surface area contributed by atoms with Crippen molar-refractivity contribution in [3.05, 3.63) is 34.6 Å². The van der Waals surface area contributed by atoms with Gasteiger partial charge in [-0.1, -0.05) is 31.5 Å². The van der Waals surface area contributed by atoms with Crippen LogP contribution in [0.4, 0.5) is 4.39 Å². The maximum Gasteiger partial charge on any atom is 0.208 e. The lowest BCUT2D eigenvalue weighted by molar-refractivity contribution is 0.534. The molecule has 1 rings (SSSR count). The van der Waals surface area contributed by atoms with Crippen molar-refractivity contribution in [2.24, 2.45) is 4.99 Å². The number of benzene rings is 1. The molecule has 0 aromatic heterocycles. The molecule has 10 heteroatoms. The van der Waals surface area contributed by atoms with E-state index < -0.39 is 15.4 Å². The number of nitrogens with zero attached hydrogens (tertiary/aromatic N) is 1. The number of hydrogen-bond donors (Lipinski definition) is 3. The summed E-state index contributed by atoms with van der Waals surface area (Å²) in [5.74, 6) is 0.200. The van der Waals surface area contributed by atoms with Crippen LogP contribution in [-0.2, 0) is 15.4 Å². The molecule has 0 amide bonds. The molecule has 1 aromatic carbocycles. The van der Waals surface area contributed by atoms with Crippen molar-refractivity contribution < 1.29 is 12.8 Å². The molecular weight excluding hydrogens is 494 g/mol. The number of rotatable bonds is 8. The Morgan fingerprint density at radius 3 is 2.46 bits per heavy atom. The highest BCUT2D eigenvalue weighted by molar-refractivity contribution is 14.0. The average Bonchev–Trinajstić information content (AvgIpc) is 2.47. The van der Waals surface area contributed by atoms with Crippen LogP contribution in [0.5, 0.6) is 0 Å². The van der Waals surface area contributed by atoms with Crippen LogP contribution in [0.2, 0.25) is 5.02 Å². The Kier molecular flexibility index (Phi) is 11.0. The molecule has 0 atom stereocenters. The predicted octanol–water partition coefficient (Wildman–Crippen LogP) is 2.48. The number of guanidine groups is 1. The standard InChI is InChI=1S/C16H26ClFN4O2S.HI/c1-5-19-15(20-8-9-22-25(4,23)24)21-11-16(2,3)13-7-6-12(18)10-14(13)17;/h6-7,10,22H,5,8-9,11H2,1-4H3,(H2,19,20,21);1H. The van der Waals surface area contributed by atoms with Gasteiger partial charge in [0.05, 0.1) is 12.8 Å². The minimum absolute atomic E-state index is 0. The Morgan fingerprint density at radius 1 is 1.27 bits per heavy atom. The summed E-state index contributed by atoms with van der Waals surface area (Å²) >= 11 is 6.15. The number of nitrogens with one attached hydrogen (secondary N) is 3. The third-order valence-corrected chi connectivity index (χ3v) is 4.46. The smallest absolute Gasteiger partial charge is 0.208 e. The van der Waals surface area contributed by atoms with Crippen LogP contribution < -0.4 is 15.4 Å². The fourth-order valence-electron chi connectivity index (χ4n) is 2.16. The minimum atomic E-state index is -3.21. The van der Waals surface area contributed by atoms with Crippen LogP contribution in [0.25, 0.3) is 0 Å². The van der Waals surface area contributed by atoms with Crippen molar-refractivity contribution in [2.75, 3.05) is 32.4 Å². The lowest BCUT2D eigenvalue weighted by Gasteiger charge is -2.25. The molecule has 0 spiro atoms. The maximum atomic E-state index is 13.2. The number of halogens is 3. The van der Waals surface area contributed by atoms with Gasteiger partial charge in [-0.25, -0.2) is 17.5 Å². The summed E-state index contributed by atoms with van der Waals surface area (Å²) in [6.07, 6.45) is 1.11. The first-order valence-electron chi connectivity index (χ1n) is 7.97. The van der Waals surface area contributed by atoms with Gasteiger partial charge in [-0.2, -0.15) is 0 Å². The van der Waals surface area contributed by atoms with Crippen molar-refractivity contribution in [3.8, 4) is 0 Å². The van der Waals surface area contributed by atoms with Crippen molar-refractivity contribution >= 4 is 51.6 Å². The molecule has 0 heterocycles. The molecular formula is C16H27ClFIN4O2S. The Morgan fingerprint density at radius 2 is 1.92 bits per heavy atom. The van der Waals surface area contributed by atoms with E-state index in [1.54, 1.807) is 6.07 Å². The third-order valence-electron chi connectivity index (χ3n) is 3.42. The topological polar surface area (TPSA) is 82.6 Å². The zero-order valence-corrected chi connectivity index (χ0v) is 19.3. The highest BCUT2D eigenvalue weighted by atomic mass is 127. The van der Waals surface area contributed by atoms with Crippen LogP contribution in [0.1, 0.15) is 26.3 Å². The predicted molar refractivity (Wildman–Crippen MR) is 117 cm³/mol. The molecule has 0 fully saturated rings. The first-order valence-corrected chi connectivity index (χ1v) is 10.2. The molecule has 0 aliphatic carbocycles. The summed E-state index contributed by atoms with van der Waals surface area (Å²) < 4.78 is 37.7. The molecule has 0 aliphatic heterocycles. The Hall–Kier alpha value is -0.650. The van der Waals surface area contributed by atoms with Crippen LogP contribution in [-0.4, -0.2) is 46.8 Å². The largest absolute Gasteiger partial charge is 0.357 e. The lowest BCUT2D eigenvalue weighted by Crippen LogP contribution is -2.42. The highest BCUT2D eigenvalue weighted by Crippen LogP contribution is 2.30. The molecule has 6 nitrogen and oxygen atoms in total. The van der Waals surface area contributed by atoms with Crippen molar-refractivity contribution in [2.45, 2.75) is 26.2 Å². The summed E-state index contributed by atoms with van der Waals surface area (Å²) in [5, 5.41) is 6.53. The van der Waals surface area contributed by atoms with Crippen LogP contribution in [0, 0.1) is 5.82 Å². The maximum absolute atomic E-state index is 13.2. The molecule has 0 bridgehead atoms. The van der Waals surface area contributed by atoms with Gasteiger partial charge in [0.15, 0.2) is 5.96 Å². The average molecular weight is 521 g/mol. The zero-order valence-electron chi connectivity index (χ0n) is 15.4. The van der Waals surface area contributed by atoms with Gasteiger partial charge >= 0.3 is 0 Å². The molecule has 0 aliphatic rings. The van der Waals surface area contributed by atoms with Crippen LogP contribution >= 0.6 is 35.6 Å². The van der Waals surface area contributed by atoms with E-state index in [0.29, 0.717) is 30.6 Å². The van der Waals surface area contributed by atoms with Crippen molar-refractivity contribution in [1.29, 1.82) is 0 Å².